The third-order valence-electron chi connectivity index (χ3n) is 3.71. The second-order valence-electron chi connectivity index (χ2n) is 5.11. The molecule has 1 aromatic heterocycles. The number of hydrogen-bond acceptors (Lipinski definition) is 7. The lowest BCUT2D eigenvalue weighted by Crippen LogP contribution is -2.50. The third-order valence-corrected chi connectivity index (χ3v) is 5.61. The zero-order valence-electron chi connectivity index (χ0n) is 13.8. The van der Waals surface area contributed by atoms with Crippen LogP contribution >= 0.6 is 0 Å². The first-order valence-corrected chi connectivity index (χ1v) is 8.85. The van der Waals surface area contributed by atoms with Crippen molar-refractivity contribution in [2.45, 2.75) is 18.7 Å². The van der Waals surface area contributed by atoms with Gasteiger partial charge in [-0.15, -0.1) is 0 Å². The average molecular weight is 360 g/mol. The van der Waals surface area contributed by atoms with Crippen molar-refractivity contribution in [3.8, 4) is 0 Å². The minimum atomic E-state index is -3.93. The zero-order chi connectivity index (χ0) is 17.9. The molecule has 10 heteroatoms. The number of carbonyl (C=O) groups excluding carboxylic acids is 2. The normalized spacial score (nSPS) is 16.0. The third kappa shape index (κ3) is 3.39. The largest absolute Gasteiger partial charge is 0.467 e. The summed E-state index contributed by atoms with van der Waals surface area (Å²) in [6.07, 6.45) is 0.568. The zero-order valence-corrected chi connectivity index (χ0v) is 14.6. The van der Waals surface area contributed by atoms with Gasteiger partial charge in [-0.3, -0.25) is 0 Å². The van der Waals surface area contributed by atoms with Gasteiger partial charge in [0.05, 0.1) is 13.7 Å². The Hall–Kier alpha value is -2.07. The highest BCUT2D eigenvalue weighted by molar-refractivity contribution is 7.89. The molecule has 0 radical (unpaired) electrons. The molecule has 0 saturated carbocycles. The van der Waals surface area contributed by atoms with Gasteiger partial charge in [-0.2, -0.15) is 4.31 Å². The molecule has 0 bridgehead atoms. The Morgan fingerprint density at radius 2 is 1.88 bits per heavy atom. The lowest BCUT2D eigenvalue weighted by molar-refractivity contribution is 0.0594. The van der Waals surface area contributed by atoms with Gasteiger partial charge in [-0.05, 0) is 13.8 Å². The monoisotopic (exact) mass is 360 g/mol. The fourth-order valence-corrected chi connectivity index (χ4v) is 4.01. The van der Waals surface area contributed by atoms with E-state index >= 15 is 0 Å². The molecule has 1 aromatic rings. The van der Waals surface area contributed by atoms with Crippen LogP contribution < -0.4 is 0 Å². The van der Waals surface area contributed by atoms with Crippen molar-refractivity contribution in [2.24, 2.45) is 0 Å². The molecule has 1 saturated heterocycles. The summed E-state index contributed by atoms with van der Waals surface area (Å²) in [6.45, 7) is 4.08. The Bertz CT molecular complexity index is 717. The molecule has 0 unspecified atom stereocenters. The van der Waals surface area contributed by atoms with Gasteiger partial charge in [0.15, 0.2) is 0 Å². The summed E-state index contributed by atoms with van der Waals surface area (Å²) in [5.41, 5.74) is -0.106. The molecule has 0 aliphatic carbocycles. The van der Waals surface area contributed by atoms with Crippen LogP contribution in [0.3, 0.4) is 0 Å². The summed E-state index contributed by atoms with van der Waals surface area (Å²) >= 11 is 0. The molecule has 1 amide bonds. The van der Waals surface area contributed by atoms with Crippen molar-refractivity contribution in [3.63, 3.8) is 0 Å². The highest BCUT2D eigenvalue weighted by Crippen LogP contribution is 2.26. The number of carbonyl (C=O) groups is 2. The first kappa shape index (κ1) is 18.3. The van der Waals surface area contributed by atoms with Crippen LogP contribution in [0.2, 0.25) is 0 Å². The van der Waals surface area contributed by atoms with Crippen molar-refractivity contribution < 1.29 is 31.9 Å². The molecule has 1 aliphatic heterocycles. The van der Waals surface area contributed by atoms with Gasteiger partial charge >= 0.3 is 12.1 Å². The summed E-state index contributed by atoms with van der Waals surface area (Å²) in [5.74, 6) is -0.601. The number of esters is 1. The number of furan rings is 1. The number of ether oxygens (including phenoxy) is 2. The summed E-state index contributed by atoms with van der Waals surface area (Å²) in [4.78, 5) is 24.7. The molecule has 0 atom stereocenters. The van der Waals surface area contributed by atoms with Crippen LogP contribution in [-0.4, -0.2) is 69.6 Å². The Balaban J connectivity index is 2.19. The van der Waals surface area contributed by atoms with Crippen molar-refractivity contribution in [2.75, 3.05) is 39.9 Å². The van der Waals surface area contributed by atoms with E-state index < -0.39 is 22.1 Å². The topological polar surface area (TPSA) is 106 Å². The maximum Gasteiger partial charge on any atom is 0.409 e. The molecule has 134 valence electrons. The number of amides is 1. The Kier molecular flexibility index (Phi) is 5.50. The molecule has 9 nitrogen and oxygen atoms in total. The summed E-state index contributed by atoms with van der Waals surface area (Å²) in [5, 5.41) is 0. The predicted octanol–water partition coefficient (Wildman–Crippen LogP) is 0.837. The molecule has 0 spiro atoms. The van der Waals surface area contributed by atoms with Gasteiger partial charge < -0.3 is 18.8 Å². The first-order valence-electron chi connectivity index (χ1n) is 7.41. The van der Waals surface area contributed by atoms with Crippen molar-refractivity contribution in [3.05, 3.63) is 17.6 Å². The van der Waals surface area contributed by atoms with Crippen molar-refractivity contribution in [1.82, 2.24) is 9.21 Å². The molecule has 1 aliphatic rings. The molecular weight excluding hydrogens is 340 g/mol. The van der Waals surface area contributed by atoms with E-state index in [4.69, 9.17) is 9.15 Å². The van der Waals surface area contributed by atoms with E-state index in [-0.39, 0.29) is 49.0 Å². The van der Waals surface area contributed by atoms with Crippen molar-refractivity contribution >= 4 is 22.1 Å². The van der Waals surface area contributed by atoms with Gasteiger partial charge in [0.25, 0.3) is 0 Å². The summed E-state index contributed by atoms with van der Waals surface area (Å²) in [7, 11) is -2.76. The number of rotatable bonds is 4. The fraction of sp³-hybridized carbons (Fsp3) is 0.571. The maximum absolute atomic E-state index is 12.8. The van der Waals surface area contributed by atoms with Crippen molar-refractivity contribution in [1.29, 1.82) is 0 Å². The van der Waals surface area contributed by atoms with Gasteiger partial charge in [0, 0.05) is 26.2 Å². The number of nitrogens with zero attached hydrogens (tertiary/aromatic N) is 2. The number of sulfonamides is 1. The van der Waals surface area contributed by atoms with Gasteiger partial charge in [0.2, 0.25) is 10.0 Å². The molecule has 0 N–H and O–H groups in total. The Labute approximate surface area is 140 Å². The fourth-order valence-electron chi connectivity index (χ4n) is 2.43. The molecule has 24 heavy (non-hydrogen) atoms. The van der Waals surface area contributed by atoms with E-state index in [9.17, 15) is 18.0 Å². The van der Waals surface area contributed by atoms with Crippen LogP contribution in [0.4, 0.5) is 4.79 Å². The smallest absolute Gasteiger partial charge is 0.409 e. The number of aryl methyl sites for hydroxylation is 1. The number of hydrogen-bond donors (Lipinski definition) is 0. The van der Waals surface area contributed by atoms with Crippen LogP contribution in [0.15, 0.2) is 15.6 Å². The second kappa shape index (κ2) is 7.22. The van der Waals surface area contributed by atoms with Crippen LogP contribution in [0.5, 0.6) is 0 Å². The first-order chi connectivity index (χ1) is 11.3. The van der Waals surface area contributed by atoms with Gasteiger partial charge in [-0.1, -0.05) is 0 Å². The molecule has 2 heterocycles. The van der Waals surface area contributed by atoms with Crippen LogP contribution in [-0.2, 0) is 19.5 Å². The van der Waals surface area contributed by atoms with Crippen LogP contribution in [0.1, 0.15) is 23.0 Å². The molecular formula is C14H20N2O7S. The lowest BCUT2D eigenvalue weighted by Gasteiger charge is -2.33. The van der Waals surface area contributed by atoms with E-state index in [1.807, 2.05) is 0 Å². The van der Waals surface area contributed by atoms with E-state index in [1.165, 1.54) is 23.2 Å². The van der Waals surface area contributed by atoms with Crippen LogP contribution in [0.25, 0.3) is 0 Å². The predicted molar refractivity (Wildman–Crippen MR) is 82.1 cm³/mol. The van der Waals surface area contributed by atoms with Gasteiger partial charge in [-0.25, -0.2) is 18.0 Å². The number of methoxy groups -OCH3 is 1. The van der Waals surface area contributed by atoms with E-state index in [0.29, 0.717) is 0 Å². The quantitative estimate of drug-likeness (QED) is 0.732. The molecule has 1 fully saturated rings. The van der Waals surface area contributed by atoms with E-state index in [0.717, 1.165) is 6.26 Å². The average Bonchev–Trinajstić information content (AvgIpc) is 2.97. The minimum Gasteiger partial charge on any atom is -0.467 e. The maximum atomic E-state index is 12.8. The minimum absolute atomic E-state index is 0.103. The Morgan fingerprint density at radius 1 is 1.25 bits per heavy atom. The highest BCUT2D eigenvalue weighted by atomic mass is 32.2. The standard InChI is InChI=1S/C14H20N2O7S/c1-4-22-14(18)15-5-7-16(8-6-15)24(19,20)11-9-23-10(2)12(11)13(17)21-3/h9H,4-8H2,1-3H3. The number of piperazine rings is 1. The summed E-state index contributed by atoms with van der Waals surface area (Å²) < 4.78 is 41.4. The van der Waals surface area contributed by atoms with E-state index in [1.54, 1.807) is 6.92 Å². The Morgan fingerprint density at radius 3 is 2.42 bits per heavy atom. The summed E-state index contributed by atoms with van der Waals surface area (Å²) in [6, 6.07) is 0. The molecule has 0 aromatic carbocycles. The highest BCUT2D eigenvalue weighted by Gasteiger charge is 2.35. The van der Waals surface area contributed by atoms with Crippen LogP contribution in [0, 0.1) is 6.92 Å². The second-order valence-corrected chi connectivity index (χ2v) is 7.02. The molecule has 2 rings (SSSR count). The van der Waals surface area contributed by atoms with E-state index in [2.05, 4.69) is 4.74 Å². The lowest BCUT2D eigenvalue weighted by atomic mass is 10.3. The van der Waals surface area contributed by atoms with Gasteiger partial charge in [0.1, 0.15) is 22.5 Å². The SMILES string of the molecule is CCOC(=O)N1CCN(S(=O)(=O)c2coc(C)c2C(=O)OC)CC1.